The molecule has 1 aliphatic carbocycles. The van der Waals surface area contributed by atoms with Gasteiger partial charge >= 0.3 is 0 Å². The monoisotopic (exact) mass is 221 g/mol. The number of carbonyl (C=O) groups is 1. The summed E-state index contributed by atoms with van der Waals surface area (Å²) in [6.45, 7) is 0.636. The zero-order valence-corrected chi connectivity index (χ0v) is 9.72. The number of nitrogens with two attached hydrogens (primary N) is 1. The molecule has 0 bridgehead atoms. The number of nitrogens with zero attached hydrogens (tertiary/aromatic N) is 2. The SMILES string of the molecule is Cn1ccnc1CC(=O)C1CCCC1CN. The summed E-state index contributed by atoms with van der Waals surface area (Å²) in [5.74, 6) is 1.73. The molecule has 1 aromatic heterocycles. The van der Waals surface area contributed by atoms with Gasteiger partial charge in [-0.25, -0.2) is 4.98 Å². The van der Waals surface area contributed by atoms with Crippen molar-refractivity contribution in [2.45, 2.75) is 25.7 Å². The van der Waals surface area contributed by atoms with Crippen molar-refractivity contribution < 1.29 is 4.79 Å². The smallest absolute Gasteiger partial charge is 0.143 e. The number of imidazole rings is 1. The zero-order chi connectivity index (χ0) is 11.5. The molecule has 1 heterocycles. The molecule has 4 heteroatoms. The largest absolute Gasteiger partial charge is 0.338 e. The van der Waals surface area contributed by atoms with E-state index in [1.165, 1.54) is 0 Å². The molecule has 1 saturated carbocycles. The predicted octanol–water partition coefficient (Wildman–Crippen LogP) is 0.907. The van der Waals surface area contributed by atoms with Gasteiger partial charge in [-0.1, -0.05) is 6.42 Å². The Labute approximate surface area is 95.9 Å². The summed E-state index contributed by atoms with van der Waals surface area (Å²) in [5, 5.41) is 0. The summed E-state index contributed by atoms with van der Waals surface area (Å²) in [5.41, 5.74) is 5.69. The highest BCUT2D eigenvalue weighted by Crippen LogP contribution is 2.32. The number of aryl methyl sites for hydroxylation is 1. The zero-order valence-electron chi connectivity index (χ0n) is 9.72. The lowest BCUT2D eigenvalue weighted by Crippen LogP contribution is -2.27. The van der Waals surface area contributed by atoms with Crippen LogP contribution in [0.15, 0.2) is 12.4 Å². The summed E-state index contributed by atoms with van der Waals surface area (Å²) >= 11 is 0. The Morgan fingerprint density at radius 1 is 1.62 bits per heavy atom. The summed E-state index contributed by atoms with van der Waals surface area (Å²) < 4.78 is 1.91. The molecule has 0 aliphatic heterocycles. The fourth-order valence-electron chi connectivity index (χ4n) is 2.60. The van der Waals surface area contributed by atoms with Crippen LogP contribution in [0.1, 0.15) is 25.1 Å². The molecule has 0 radical (unpaired) electrons. The van der Waals surface area contributed by atoms with Gasteiger partial charge in [-0.2, -0.15) is 0 Å². The van der Waals surface area contributed by atoms with Gasteiger partial charge in [0.25, 0.3) is 0 Å². The maximum absolute atomic E-state index is 12.1. The second-order valence-electron chi connectivity index (χ2n) is 4.63. The molecule has 2 unspecified atom stereocenters. The van der Waals surface area contributed by atoms with Crippen molar-refractivity contribution in [3.63, 3.8) is 0 Å². The number of aromatic nitrogens is 2. The predicted molar refractivity (Wildman–Crippen MR) is 61.8 cm³/mol. The molecule has 2 N–H and O–H groups in total. The normalized spacial score (nSPS) is 24.9. The van der Waals surface area contributed by atoms with E-state index in [-0.39, 0.29) is 5.92 Å². The molecule has 2 rings (SSSR count). The number of ketones is 1. The molecule has 0 aromatic carbocycles. The Balaban J connectivity index is 2.00. The van der Waals surface area contributed by atoms with E-state index in [0.29, 0.717) is 24.7 Å². The third-order valence-electron chi connectivity index (χ3n) is 3.63. The van der Waals surface area contributed by atoms with E-state index in [0.717, 1.165) is 25.1 Å². The number of Topliss-reactive ketones (excluding diaryl/α,β-unsaturated/α-hetero) is 1. The Hall–Kier alpha value is -1.16. The third kappa shape index (κ3) is 2.16. The minimum atomic E-state index is 0.168. The highest BCUT2D eigenvalue weighted by molar-refractivity contribution is 5.83. The van der Waals surface area contributed by atoms with Crippen molar-refractivity contribution in [3.8, 4) is 0 Å². The van der Waals surface area contributed by atoms with Gasteiger partial charge in [0.1, 0.15) is 11.6 Å². The van der Waals surface area contributed by atoms with Crippen molar-refractivity contribution in [1.82, 2.24) is 9.55 Å². The molecule has 0 spiro atoms. The van der Waals surface area contributed by atoms with Crippen LogP contribution in [0, 0.1) is 11.8 Å². The summed E-state index contributed by atoms with van der Waals surface area (Å²) in [7, 11) is 1.92. The summed E-state index contributed by atoms with van der Waals surface area (Å²) in [6.07, 6.45) is 7.30. The molecule has 1 fully saturated rings. The van der Waals surface area contributed by atoms with E-state index in [4.69, 9.17) is 5.73 Å². The van der Waals surface area contributed by atoms with Crippen LogP contribution in [-0.4, -0.2) is 21.9 Å². The van der Waals surface area contributed by atoms with Crippen LogP contribution in [0.3, 0.4) is 0 Å². The molecule has 0 amide bonds. The first-order valence-corrected chi connectivity index (χ1v) is 5.91. The minimum absolute atomic E-state index is 0.168. The van der Waals surface area contributed by atoms with Crippen molar-refractivity contribution in [1.29, 1.82) is 0 Å². The highest BCUT2D eigenvalue weighted by Gasteiger charge is 2.31. The van der Waals surface area contributed by atoms with Gasteiger partial charge in [0, 0.05) is 25.4 Å². The second kappa shape index (κ2) is 4.78. The second-order valence-corrected chi connectivity index (χ2v) is 4.63. The highest BCUT2D eigenvalue weighted by atomic mass is 16.1. The first-order valence-electron chi connectivity index (χ1n) is 5.91. The van der Waals surface area contributed by atoms with Crippen LogP contribution in [0.4, 0.5) is 0 Å². The van der Waals surface area contributed by atoms with Gasteiger partial charge < -0.3 is 10.3 Å². The third-order valence-corrected chi connectivity index (χ3v) is 3.63. The van der Waals surface area contributed by atoms with Crippen LogP contribution < -0.4 is 5.73 Å². The van der Waals surface area contributed by atoms with Gasteiger partial charge in [0.2, 0.25) is 0 Å². The van der Waals surface area contributed by atoms with E-state index in [1.54, 1.807) is 6.20 Å². The van der Waals surface area contributed by atoms with Crippen molar-refractivity contribution >= 4 is 5.78 Å². The molecule has 4 nitrogen and oxygen atoms in total. The van der Waals surface area contributed by atoms with Crippen LogP contribution in [-0.2, 0) is 18.3 Å². The number of rotatable bonds is 4. The van der Waals surface area contributed by atoms with Crippen molar-refractivity contribution in [3.05, 3.63) is 18.2 Å². The lowest BCUT2D eigenvalue weighted by atomic mass is 9.90. The summed E-state index contributed by atoms with van der Waals surface area (Å²) in [4.78, 5) is 16.3. The van der Waals surface area contributed by atoms with Gasteiger partial charge in [-0.05, 0) is 25.3 Å². The van der Waals surface area contributed by atoms with E-state index in [1.807, 2.05) is 17.8 Å². The number of hydrogen-bond acceptors (Lipinski definition) is 3. The molecule has 1 aromatic rings. The van der Waals surface area contributed by atoms with Gasteiger partial charge in [0.15, 0.2) is 0 Å². The lowest BCUT2D eigenvalue weighted by Gasteiger charge is -2.16. The molecule has 0 saturated heterocycles. The van der Waals surface area contributed by atoms with Gasteiger partial charge in [-0.3, -0.25) is 4.79 Å². The first-order chi connectivity index (χ1) is 7.72. The maximum Gasteiger partial charge on any atom is 0.143 e. The van der Waals surface area contributed by atoms with Crippen LogP contribution in [0.25, 0.3) is 0 Å². The number of hydrogen-bond donors (Lipinski definition) is 1. The van der Waals surface area contributed by atoms with E-state index in [9.17, 15) is 4.79 Å². The van der Waals surface area contributed by atoms with E-state index in [2.05, 4.69) is 4.98 Å². The molecule has 88 valence electrons. The lowest BCUT2D eigenvalue weighted by molar-refractivity contribution is -0.123. The quantitative estimate of drug-likeness (QED) is 0.822. The van der Waals surface area contributed by atoms with Crippen molar-refractivity contribution in [2.75, 3.05) is 6.54 Å². The van der Waals surface area contributed by atoms with Crippen LogP contribution in [0.2, 0.25) is 0 Å². The molecular formula is C12H19N3O. The standard InChI is InChI=1S/C12H19N3O/c1-15-6-5-14-12(15)7-11(16)10-4-2-3-9(10)8-13/h5-6,9-10H,2-4,7-8,13H2,1H3. The van der Waals surface area contributed by atoms with Gasteiger partial charge in [-0.15, -0.1) is 0 Å². The summed E-state index contributed by atoms with van der Waals surface area (Å²) in [6, 6.07) is 0. The molecular weight excluding hydrogens is 202 g/mol. The van der Waals surface area contributed by atoms with Crippen LogP contribution in [0.5, 0.6) is 0 Å². The Morgan fingerprint density at radius 2 is 2.44 bits per heavy atom. The molecule has 16 heavy (non-hydrogen) atoms. The Bertz CT molecular complexity index is 372. The topological polar surface area (TPSA) is 60.9 Å². The maximum atomic E-state index is 12.1. The fraction of sp³-hybridized carbons (Fsp3) is 0.667. The minimum Gasteiger partial charge on any atom is -0.338 e. The Morgan fingerprint density at radius 3 is 3.06 bits per heavy atom. The van der Waals surface area contributed by atoms with E-state index < -0.39 is 0 Å². The van der Waals surface area contributed by atoms with Crippen LogP contribution >= 0.6 is 0 Å². The Kier molecular flexibility index (Phi) is 3.39. The fourth-order valence-corrected chi connectivity index (χ4v) is 2.60. The van der Waals surface area contributed by atoms with Gasteiger partial charge in [0.05, 0.1) is 6.42 Å². The van der Waals surface area contributed by atoms with E-state index >= 15 is 0 Å². The first kappa shape index (κ1) is 11.3. The molecule has 2 atom stereocenters. The van der Waals surface area contributed by atoms with Crippen molar-refractivity contribution in [2.24, 2.45) is 24.6 Å². The average Bonchev–Trinajstić information content (AvgIpc) is 2.87. The average molecular weight is 221 g/mol. The molecule has 1 aliphatic rings. The number of carbonyl (C=O) groups excluding carboxylic acids is 1.